The molecule has 4 rings (SSSR count). The molecule has 2 atom stereocenters. The molecule has 0 aromatic heterocycles. The minimum absolute atomic E-state index is 0.175. The summed E-state index contributed by atoms with van der Waals surface area (Å²) in [7, 11) is 1.64. The molecular formula is C35H38FN3O4. The minimum Gasteiger partial charge on any atom is -0.497 e. The van der Waals surface area contributed by atoms with Crippen molar-refractivity contribution in [3.05, 3.63) is 137 Å². The number of aliphatic carboxylic acids is 1. The van der Waals surface area contributed by atoms with Gasteiger partial charge in [-0.2, -0.15) is 0 Å². The van der Waals surface area contributed by atoms with Crippen molar-refractivity contribution in [2.24, 2.45) is 5.73 Å². The number of carboxylic acid groups (broad SMARTS) is 1. The van der Waals surface area contributed by atoms with Crippen LogP contribution in [0.25, 0.3) is 0 Å². The molecule has 0 saturated carbocycles. The number of carbonyl (C=O) groups excluding carboxylic acids is 1. The Morgan fingerprint density at radius 3 is 1.93 bits per heavy atom. The molecule has 0 heterocycles. The minimum atomic E-state index is -1.11. The van der Waals surface area contributed by atoms with E-state index in [4.69, 9.17) is 10.5 Å². The van der Waals surface area contributed by atoms with Crippen molar-refractivity contribution in [3.8, 4) is 5.75 Å². The number of nitrogens with two attached hydrogens (primary N) is 1. The monoisotopic (exact) mass is 583 g/mol. The number of carboxylic acids is 1. The van der Waals surface area contributed by atoms with E-state index in [-0.39, 0.29) is 18.7 Å². The highest BCUT2D eigenvalue weighted by Crippen LogP contribution is 2.37. The van der Waals surface area contributed by atoms with Crippen molar-refractivity contribution in [1.82, 2.24) is 10.6 Å². The molecule has 0 radical (unpaired) electrons. The summed E-state index contributed by atoms with van der Waals surface area (Å²) in [5, 5.41) is 16.1. The van der Waals surface area contributed by atoms with E-state index in [1.807, 2.05) is 48.5 Å². The van der Waals surface area contributed by atoms with Crippen LogP contribution in [-0.4, -0.2) is 42.7 Å². The van der Waals surface area contributed by atoms with Crippen LogP contribution in [0.15, 0.2) is 109 Å². The Bertz CT molecular complexity index is 1410. The number of rotatable bonds is 15. The highest BCUT2D eigenvalue weighted by Gasteiger charge is 2.35. The van der Waals surface area contributed by atoms with Gasteiger partial charge in [0.05, 0.1) is 18.7 Å². The lowest BCUT2D eigenvalue weighted by molar-refractivity contribution is -0.142. The average molecular weight is 584 g/mol. The molecule has 0 saturated heterocycles. The molecule has 43 heavy (non-hydrogen) atoms. The largest absolute Gasteiger partial charge is 0.497 e. The zero-order valence-corrected chi connectivity index (χ0v) is 24.2. The second-order valence-corrected chi connectivity index (χ2v) is 10.5. The molecular weight excluding hydrogens is 545 g/mol. The van der Waals surface area contributed by atoms with Gasteiger partial charge in [-0.1, -0.05) is 84.9 Å². The number of nitrogens with one attached hydrogen (secondary N) is 2. The first-order valence-corrected chi connectivity index (χ1v) is 14.4. The number of benzene rings is 4. The first kappa shape index (κ1) is 31.4. The lowest BCUT2D eigenvalue weighted by atomic mass is 9.77. The molecule has 1 amide bonds. The average Bonchev–Trinajstić information content (AvgIpc) is 3.04. The van der Waals surface area contributed by atoms with Gasteiger partial charge in [0, 0.05) is 0 Å². The van der Waals surface area contributed by atoms with Crippen LogP contribution in [0, 0.1) is 5.82 Å². The van der Waals surface area contributed by atoms with Crippen LogP contribution < -0.4 is 21.1 Å². The number of halogens is 1. The van der Waals surface area contributed by atoms with Crippen LogP contribution in [0.3, 0.4) is 0 Å². The number of hydrogen-bond donors (Lipinski definition) is 4. The van der Waals surface area contributed by atoms with Gasteiger partial charge in [0.25, 0.3) is 0 Å². The molecule has 0 aliphatic carbocycles. The Morgan fingerprint density at radius 1 is 0.837 bits per heavy atom. The zero-order valence-electron chi connectivity index (χ0n) is 24.2. The van der Waals surface area contributed by atoms with Gasteiger partial charge in [-0.25, -0.2) is 9.18 Å². The van der Waals surface area contributed by atoms with Gasteiger partial charge in [0.15, 0.2) is 0 Å². The van der Waals surface area contributed by atoms with Crippen LogP contribution in [0.1, 0.15) is 41.5 Å². The van der Waals surface area contributed by atoms with Crippen molar-refractivity contribution < 1.29 is 23.8 Å². The summed E-state index contributed by atoms with van der Waals surface area (Å²) in [6, 6.07) is 32.1. The molecule has 7 nitrogen and oxygen atoms in total. The molecule has 224 valence electrons. The van der Waals surface area contributed by atoms with E-state index in [9.17, 15) is 19.1 Å². The molecule has 0 aliphatic rings. The predicted molar refractivity (Wildman–Crippen MR) is 165 cm³/mol. The van der Waals surface area contributed by atoms with E-state index >= 15 is 0 Å². The lowest BCUT2D eigenvalue weighted by Gasteiger charge is -2.37. The van der Waals surface area contributed by atoms with Crippen molar-refractivity contribution in [2.75, 3.05) is 13.7 Å². The van der Waals surface area contributed by atoms with Crippen LogP contribution in [0.2, 0.25) is 0 Å². The maximum Gasteiger partial charge on any atom is 0.326 e. The number of ether oxygens (including phenoxy) is 1. The smallest absolute Gasteiger partial charge is 0.326 e. The molecule has 5 N–H and O–H groups in total. The van der Waals surface area contributed by atoms with E-state index in [0.29, 0.717) is 24.9 Å². The van der Waals surface area contributed by atoms with Crippen molar-refractivity contribution in [1.29, 1.82) is 0 Å². The first-order valence-electron chi connectivity index (χ1n) is 14.4. The molecule has 0 unspecified atom stereocenters. The van der Waals surface area contributed by atoms with Crippen molar-refractivity contribution in [2.45, 2.75) is 43.3 Å². The summed E-state index contributed by atoms with van der Waals surface area (Å²) >= 11 is 0. The maximum atomic E-state index is 13.2. The van der Waals surface area contributed by atoms with E-state index in [1.54, 1.807) is 19.2 Å². The third-order valence-corrected chi connectivity index (χ3v) is 7.57. The van der Waals surface area contributed by atoms with Crippen LogP contribution >= 0.6 is 0 Å². The third kappa shape index (κ3) is 8.06. The van der Waals surface area contributed by atoms with E-state index in [0.717, 1.165) is 22.4 Å². The van der Waals surface area contributed by atoms with Crippen molar-refractivity contribution >= 4 is 11.9 Å². The standard InChI is InChI=1S/C35H38FN3O4/c1-43-30-21-17-28(18-22-30)35(26-10-4-2-5-11-26,27-12-6-3-7-13-27)38-23-9-8-14-32(34(41)42)39-33(40)31(37)24-25-15-19-29(36)20-16-25/h2-7,10-13,15-22,31-32,38H,8-9,14,23-24,37H2,1H3,(H,39,40)(H,41,42)/t31-,32-/m0/s1. The Hall–Kier alpha value is -4.53. The SMILES string of the molecule is COc1ccc(C(NCCCC[C@H](NC(=O)[C@@H](N)Cc2ccc(F)cc2)C(=O)O)(c2ccccc2)c2ccccc2)cc1. The fourth-order valence-electron chi connectivity index (χ4n) is 5.28. The summed E-state index contributed by atoms with van der Waals surface area (Å²) in [5.74, 6) is -1.29. The Labute approximate surface area is 251 Å². The number of unbranched alkanes of at least 4 members (excludes halogenated alkanes) is 1. The first-order chi connectivity index (χ1) is 20.8. The number of methoxy groups -OCH3 is 1. The van der Waals surface area contributed by atoms with Gasteiger partial charge in [-0.15, -0.1) is 0 Å². The Balaban J connectivity index is 1.44. The van der Waals surface area contributed by atoms with Gasteiger partial charge in [-0.05, 0) is 78.7 Å². The van der Waals surface area contributed by atoms with E-state index in [1.165, 1.54) is 12.1 Å². The molecule has 0 bridgehead atoms. The normalized spacial score (nSPS) is 12.7. The van der Waals surface area contributed by atoms with E-state index in [2.05, 4.69) is 47.0 Å². The van der Waals surface area contributed by atoms with Crippen molar-refractivity contribution in [3.63, 3.8) is 0 Å². The highest BCUT2D eigenvalue weighted by atomic mass is 19.1. The Kier molecular flexibility index (Phi) is 11.0. The molecule has 0 spiro atoms. The number of amides is 1. The molecule has 4 aromatic carbocycles. The van der Waals surface area contributed by atoms with Gasteiger partial charge in [-0.3, -0.25) is 10.1 Å². The lowest BCUT2D eigenvalue weighted by Crippen LogP contribution is -2.49. The van der Waals surface area contributed by atoms with Gasteiger partial charge >= 0.3 is 5.97 Å². The van der Waals surface area contributed by atoms with E-state index < -0.39 is 29.5 Å². The third-order valence-electron chi connectivity index (χ3n) is 7.57. The van der Waals surface area contributed by atoms with Crippen LogP contribution in [0.4, 0.5) is 4.39 Å². The predicted octanol–water partition coefficient (Wildman–Crippen LogP) is 5.03. The summed E-state index contributed by atoms with van der Waals surface area (Å²) in [5.41, 5.74) is 9.23. The molecule has 4 aromatic rings. The zero-order chi connectivity index (χ0) is 30.7. The quantitative estimate of drug-likeness (QED) is 0.115. The van der Waals surface area contributed by atoms with Gasteiger partial charge < -0.3 is 20.9 Å². The topological polar surface area (TPSA) is 114 Å². The second-order valence-electron chi connectivity index (χ2n) is 10.5. The van der Waals surface area contributed by atoms with Gasteiger partial charge in [0.2, 0.25) is 5.91 Å². The highest BCUT2D eigenvalue weighted by molar-refractivity contribution is 5.87. The number of carbonyl (C=O) groups is 2. The van der Waals surface area contributed by atoms with Gasteiger partial charge in [0.1, 0.15) is 17.6 Å². The summed E-state index contributed by atoms with van der Waals surface area (Å²) in [4.78, 5) is 24.6. The fourth-order valence-corrected chi connectivity index (χ4v) is 5.28. The fraction of sp³-hybridized carbons (Fsp3) is 0.257. The Morgan fingerprint density at radius 2 is 1.40 bits per heavy atom. The summed E-state index contributed by atoms with van der Waals surface area (Å²) < 4.78 is 18.6. The van der Waals surface area contributed by atoms with Crippen LogP contribution in [-0.2, 0) is 21.5 Å². The molecule has 0 aliphatic heterocycles. The summed E-state index contributed by atoms with van der Waals surface area (Å²) in [6.07, 6.45) is 1.64. The van der Waals surface area contributed by atoms with Crippen LogP contribution in [0.5, 0.6) is 5.75 Å². The second kappa shape index (κ2) is 15.1. The molecule has 8 heteroatoms. The number of hydrogen-bond acceptors (Lipinski definition) is 5. The maximum absolute atomic E-state index is 13.2. The summed E-state index contributed by atoms with van der Waals surface area (Å²) in [6.45, 7) is 0.584. The molecule has 0 fully saturated rings.